The van der Waals surface area contributed by atoms with Gasteiger partial charge in [0.2, 0.25) is 0 Å². The van der Waals surface area contributed by atoms with E-state index in [0.29, 0.717) is 5.02 Å². The number of nitrogens with zero attached hydrogens (tertiary/aromatic N) is 1. The van der Waals surface area contributed by atoms with Crippen LogP contribution in [-0.4, -0.2) is 18.1 Å². The minimum absolute atomic E-state index is 0.0951. The summed E-state index contributed by atoms with van der Waals surface area (Å²) in [5.41, 5.74) is 2.23. The zero-order valence-corrected chi connectivity index (χ0v) is 12.1. The van der Waals surface area contributed by atoms with Crippen LogP contribution >= 0.6 is 11.6 Å². The average molecular weight is 290 g/mol. The summed E-state index contributed by atoms with van der Waals surface area (Å²) < 4.78 is 0. The molecule has 0 aliphatic carbocycles. The van der Waals surface area contributed by atoms with Gasteiger partial charge in [0.05, 0.1) is 11.6 Å². The second kappa shape index (κ2) is 5.97. The van der Waals surface area contributed by atoms with E-state index in [9.17, 15) is 4.79 Å². The topological polar surface area (TPSA) is 40.5 Å². The smallest absolute Gasteiger partial charge is 0.335 e. The van der Waals surface area contributed by atoms with Gasteiger partial charge in [0.25, 0.3) is 0 Å². The van der Waals surface area contributed by atoms with Gasteiger partial charge in [-0.25, -0.2) is 4.79 Å². The molecule has 0 aromatic heterocycles. The second-order valence-electron chi connectivity index (χ2n) is 4.70. The molecule has 0 bridgehead atoms. The van der Waals surface area contributed by atoms with Gasteiger partial charge in [0, 0.05) is 17.8 Å². The van der Waals surface area contributed by atoms with Crippen molar-refractivity contribution in [1.29, 1.82) is 0 Å². The summed E-state index contributed by atoms with van der Waals surface area (Å²) >= 11 is 6.01. The van der Waals surface area contributed by atoms with E-state index < -0.39 is 5.97 Å². The van der Waals surface area contributed by atoms with E-state index in [4.69, 9.17) is 16.7 Å². The molecule has 2 aromatic carbocycles. The predicted octanol–water partition coefficient (Wildman–Crippen LogP) is 4.24. The Balaban J connectivity index is 2.28. The zero-order valence-electron chi connectivity index (χ0n) is 11.4. The highest BCUT2D eigenvalue weighted by atomic mass is 35.5. The van der Waals surface area contributed by atoms with E-state index in [2.05, 4.69) is 6.92 Å². The van der Waals surface area contributed by atoms with Crippen molar-refractivity contribution in [1.82, 2.24) is 0 Å². The molecule has 0 aliphatic rings. The van der Waals surface area contributed by atoms with E-state index >= 15 is 0 Å². The van der Waals surface area contributed by atoms with Gasteiger partial charge in [-0.05, 0) is 42.8 Å². The first-order valence-electron chi connectivity index (χ1n) is 6.30. The van der Waals surface area contributed by atoms with E-state index in [1.165, 1.54) is 0 Å². The van der Waals surface area contributed by atoms with Gasteiger partial charge in [0.1, 0.15) is 0 Å². The first-order valence-corrected chi connectivity index (χ1v) is 6.68. The Morgan fingerprint density at radius 1 is 1.20 bits per heavy atom. The van der Waals surface area contributed by atoms with Crippen LogP contribution in [0.3, 0.4) is 0 Å². The molecule has 20 heavy (non-hydrogen) atoms. The van der Waals surface area contributed by atoms with Crippen LogP contribution in [0.25, 0.3) is 0 Å². The Hall–Kier alpha value is -2.00. The number of hydrogen-bond acceptors (Lipinski definition) is 2. The summed E-state index contributed by atoms with van der Waals surface area (Å²) in [4.78, 5) is 13.1. The summed E-state index contributed by atoms with van der Waals surface area (Å²) in [6, 6.07) is 14.7. The van der Waals surface area contributed by atoms with Crippen molar-refractivity contribution < 1.29 is 9.90 Å². The minimum atomic E-state index is -0.921. The molecule has 4 heteroatoms. The molecule has 104 valence electrons. The first-order chi connectivity index (χ1) is 9.49. The lowest BCUT2D eigenvalue weighted by Gasteiger charge is -2.27. The van der Waals surface area contributed by atoms with Crippen LogP contribution in [0.1, 0.15) is 28.9 Å². The Kier molecular flexibility index (Phi) is 4.30. The van der Waals surface area contributed by atoms with Gasteiger partial charge >= 0.3 is 5.97 Å². The fraction of sp³-hybridized carbons (Fsp3) is 0.188. The second-order valence-corrected chi connectivity index (χ2v) is 5.13. The monoisotopic (exact) mass is 289 g/mol. The Morgan fingerprint density at radius 3 is 2.55 bits per heavy atom. The summed E-state index contributed by atoms with van der Waals surface area (Å²) in [5.74, 6) is -0.921. The Labute approximate surface area is 123 Å². The van der Waals surface area contributed by atoms with Crippen LogP contribution in [0, 0.1) is 0 Å². The highest BCUT2D eigenvalue weighted by molar-refractivity contribution is 6.30. The van der Waals surface area contributed by atoms with Crippen molar-refractivity contribution in [3.8, 4) is 0 Å². The molecule has 0 aliphatic heterocycles. The predicted molar refractivity (Wildman–Crippen MR) is 81.7 cm³/mol. The number of carboxylic acids is 1. The number of rotatable bonds is 4. The van der Waals surface area contributed by atoms with Crippen LogP contribution < -0.4 is 4.90 Å². The van der Waals surface area contributed by atoms with Crippen molar-refractivity contribution in [2.45, 2.75) is 13.0 Å². The van der Waals surface area contributed by atoms with Crippen LogP contribution in [0.15, 0.2) is 48.5 Å². The zero-order chi connectivity index (χ0) is 14.7. The van der Waals surface area contributed by atoms with Gasteiger partial charge in [-0.2, -0.15) is 0 Å². The maximum absolute atomic E-state index is 11.0. The number of anilines is 1. The maximum atomic E-state index is 11.0. The number of carboxylic acid groups (broad SMARTS) is 1. The molecule has 0 saturated carbocycles. The molecule has 0 amide bonds. The molecule has 0 spiro atoms. The number of halogens is 1. The third kappa shape index (κ3) is 3.11. The summed E-state index contributed by atoms with van der Waals surface area (Å²) in [6.07, 6.45) is 0. The fourth-order valence-corrected chi connectivity index (χ4v) is 2.27. The molecular weight excluding hydrogens is 274 g/mol. The minimum Gasteiger partial charge on any atom is -0.478 e. The van der Waals surface area contributed by atoms with Gasteiger partial charge in [0.15, 0.2) is 0 Å². The number of carbonyl (C=O) groups is 1. The molecule has 1 N–H and O–H groups in total. The molecule has 1 unspecified atom stereocenters. The normalized spacial score (nSPS) is 11.9. The van der Waals surface area contributed by atoms with Crippen molar-refractivity contribution in [3.05, 3.63) is 64.7 Å². The Morgan fingerprint density at radius 2 is 1.90 bits per heavy atom. The number of hydrogen-bond donors (Lipinski definition) is 1. The lowest BCUT2D eigenvalue weighted by Crippen LogP contribution is -2.21. The first kappa shape index (κ1) is 14.4. The van der Waals surface area contributed by atoms with E-state index in [1.807, 2.05) is 42.3 Å². The van der Waals surface area contributed by atoms with E-state index in [1.54, 1.807) is 18.2 Å². The molecule has 2 aromatic rings. The lowest BCUT2D eigenvalue weighted by molar-refractivity contribution is 0.0697. The molecule has 3 nitrogen and oxygen atoms in total. The van der Waals surface area contributed by atoms with Crippen LogP contribution in [0.5, 0.6) is 0 Å². The molecule has 0 radical (unpaired) electrons. The summed E-state index contributed by atoms with van der Waals surface area (Å²) in [6.45, 7) is 2.05. The molecular formula is C16H16ClNO2. The largest absolute Gasteiger partial charge is 0.478 e. The molecule has 0 fully saturated rings. The number of aromatic carboxylic acids is 1. The van der Waals surface area contributed by atoms with Crippen molar-refractivity contribution >= 4 is 23.3 Å². The van der Waals surface area contributed by atoms with E-state index in [0.717, 1.165) is 11.3 Å². The summed E-state index contributed by atoms with van der Waals surface area (Å²) in [5, 5.41) is 9.74. The SMILES string of the molecule is CC(c1cccc(Cl)c1)N(C)c1cccc(C(=O)O)c1. The van der Waals surface area contributed by atoms with Crippen LogP contribution in [-0.2, 0) is 0 Å². The third-order valence-electron chi connectivity index (χ3n) is 3.41. The van der Waals surface area contributed by atoms with Gasteiger partial charge in [-0.1, -0.05) is 29.8 Å². The van der Waals surface area contributed by atoms with Crippen LogP contribution in [0.4, 0.5) is 5.69 Å². The van der Waals surface area contributed by atoms with Gasteiger partial charge < -0.3 is 10.0 Å². The summed E-state index contributed by atoms with van der Waals surface area (Å²) in [7, 11) is 1.94. The highest BCUT2D eigenvalue weighted by Gasteiger charge is 2.14. The third-order valence-corrected chi connectivity index (χ3v) is 3.65. The quantitative estimate of drug-likeness (QED) is 0.915. The van der Waals surface area contributed by atoms with Crippen molar-refractivity contribution in [2.75, 3.05) is 11.9 Å². The van der Waals surface area contributed by atoms with Gasteiger partial charge in [-0.3, -0.25) is 0 Å². The standard InChI is InChI=1S/C16H16ClNO2/c1-11(12-5-3-7-14(17)9-12)18(2)15-8-4-6-13(10-15)16(19)20/h3-11H,1-2H3,(H,19,20). The van der Waals surface area contributed by atoms with Crippen molar-refractivity contribution in [3.63, 3.8) is 0 Å². The molecule has 0 heterocycles. The van der Waals surface area contributed by atoms with E-state index in [-0.39, 0.29) is 11.6 Å². The fourth-order valence-electron chi connectivity index (χ4n) is 2.07. The maximum Gasteiger partial charge on any atom is 0.335 e. The highest BCUT2D eigenvalue weighted by Crippen LogP contribution is 2.27. The lowest BCUT2D eigenvalue weighted by atomic mass is 10.1. The Bertz CT molecular complexity index is 627. The van der Waals surface area contributed by atoms with Crippen LogP contribution in [0.2, 0.25) is 5.02 Å². The average Bonchev–Trinajstić information content (AvgIpc) is 2.45. The van der Waals surface area contributed by atoms with Gasteiger partial charge in [-0.15, -0.1) is 0 Å². The molecule has 2 rings (SSSR count). The molecule has 0 saturated heterocycles. The molecule has 1 atom stereocenters. The number of benzene rings is 2. The van der Waals surface area contributed by atoms with Crippen molar-refractivity contribution in [2.24, 2.45) is 0 Å².